The van der Waals surface area contributed by atoms with E-state index in [0.717, 1.165) is 31.4 Å². The number of benzene rings is 1. The lowest BCUT2D eigenvalue weighted by atomic mass is 10.1. The molecule has 174 valence electrons. The molecule has 2 fully saturated rings. The largest absolute Gasteiger partial charge is 0.481 e. The molecule has 3 aromatic rings. The molecule has 0 unspecified atom stereocenters. The van der Waals surface area contributed by atoms with Crippen LogP contribution in [0.25, 0.3) is 17.1 Å². The zero-order valence-electron chi connectivity index (χ0n) is 18.9. The summed E-state index contributed by atoms with van der Waals surface area (Å²) in [6, 6.07) is 9.74. The van der Waals surface area contributed by atoms with Crippen LogP contribution in [-0.2, 0) is 0 Å². The average Bonchev–Trinajstić information content (AvgIpc) is 3.62. The van der Waals surface area contributed by atoms with Gasteiger partial charge >= 0.3 is 0 Å². The predicted molar refractivity (Wildman–Crippen MR) is 123 cm³/mol. The molecule has 0 radical (unpaired) electrons. The third kappa shape index (κ3) is 4.01. The topological polar surface area (TPSA) is 110 Å². The molecule has 9 heteroatoms. The predicted octanol–water partition coefficient (Wildman–Crippen LogP) is 3.39. The van der Waals surface area contributed by atoms with Crippen LogP contribution in [0.2, 0.25) is 0 Å². The molecule has 1 amide bonds. The minimum atomic E-state index is -0.634. The third-order valence-corrected chi connectivity index (χ3v) is 6.36. The Morgan fingerprint density at radius 2 is 2.09 bits per heavy atom. The van der Waals surface area contributed by atoms with E-state index in [1.54, 1.807) is 30.3 Å². The fraction of sp³-hybridized carbons (Fsp3) is 0.360. The summed E-state index contributed by atoms with van der Waals surface area (Å²) in [6.07, 6.45) is 5.27. The molecule has 2 N–H and O–H groups in total. The van der Waals surface area contributed by atoms with Gasteiger partial charge in [-0.3, -0.25) is 9.36 Å². The number of hydrogen-bond acceptors (Lipinski definition) is 6. The highest BCUT2D eigenvalue weighted by atomic mass is 19.1. The first-order valence-electron chi connectivity index (χ1n) is 11.4. The summed E-state index contributed by atoms with van der Waals surface area (Å²) in [5, 5.41) is 9.14. The van der Waals surface area contributed by atoms with Gasteiger partial charge in [0.1, 0.15) is 17.7 Å². The quantitative estimate of drug-likeness (QED) is 0.625. The number of likely N-dealkylation sites (tertiary alicyclic amines) is 1. The van der Waals surface area contributed by atoms with Crippen molar-refractivity contribution in [2.45, 2.75) is 37.6 Å². The number of piperidine rings is 1. The van der Waals surface area contributed by atoms with E-state index in [4.69, 9.17) is 20.7 Å². The van der Waals surface area contributed by atoms with Gasteiger partial charge < -0.3 is 15.4 Å². The summed E-state index contributed by atoms with van der Waals surface area (Å²) in [4.78, 5) is 24.5. The molecule has 1 saturated heterocycles. The highest BCUT2D eigenvalue weighted by molar-refractivity contribution is 5.95. The van der Waals surface area contributed by atoms with Crippen LogP contribution in [0.5, 0.6) is 5.88 Å². The molecular formula is C25H25FN6O2. The smallest absolute Gasteiger partial charge is 0.274 e. The maximum absolute atomic E-state index is 14.6. The second kappa shape index (κ2) is 8.88. The number of nitriles is 1. The lowest BCUT2D eigenvalue weighted by molar-refractivity contribution is 0.0702. The molecule has 1 aliphatic carbocycles. The van der Waals surface area contributed by atoms with Crippen molar-refractivity contribution in [2.24, 2.45) is 5.73 Å². The number of carbonyl (C=O) groups is 1. The summed E-state index contributed by atoms with van der Waals surface area (Å²) >= 11 is 0. The van der Waals surface area contributed by atoms with Gasteiger partial charge in [-0.15, -0.1) is 0 Å². The number of methoxy groups -OCH3 is 1. The fourth-order valence-electron chi connectivity index (χ4n) is 4.49. The Labute approximate surface area is 196 Å². The van der Waals surface area contributed by atoms with Crippen molar-refractivity contribution in [1.29, 1.82) is 5.26 Å². The van der Waals surface area contributed by atoms with Crippen LogP contribution < -0.4 is 10.5 Å². The van der Waals surface area contributed by atoms with Crippen LogP contribution >= 0.6 is 0 Å². The summed E-state index contributed by atoms with van der Waals surface area (Å²) in [6.45, 7) is 1.12. The second-order valence-corrected chi connectivity index (χ2v) is 8.80. The van der Waals surface area contributed by atoms with E-state index in [0.29, 0.717) is 41.7 Å². The molecule has 8 nitrogen and oxygen atoms in total. The number of aromatic nitrogens is 3. The molecule has 1 atom stereocenters. The van der Waals surface area contributed by atoms with Crippen LogP contribution in [0.4, 0.5) is 4.39 Å². The minimum absolute atomic E-state index is 0.0472. The molecule has 2 aromatic heterocycles. The van der Waals surface area contributed by atoms with Gasteiger partial charge in [0.05, 0.1) is 30.3 Å². The first-order chi connectivity index (χ1) is 16.5. The number of carbonyl (C=O) groups excluding carboxylic acids is 1. The van der Waals surface area contributed by atoms with E-state index in [1.165, 1.54) is 12.1 Å². The number of halogens is 1. The lowest BCUT2D eigenvalue weighted by Gasteiger charge is -2.30. The Hall–Kier alpha value is -3.77. The second-order valence-electron chi connectivity index (χ2n) is 8.80. The fourth-order valence-corrected chi connectivity index (χ4v) is 4.49. The van der Waals surface area contributed by atoms with Crippen molar-refractivity contribution >= 4 is 5.91 Å². The van der Waals surface area contributed by atoms with E-state index in [-0.39, 0.29) is 23.4 Å². The van der Waals surface area contributed by atoms with Crippen LogP contribution in [-0.4, -0.2) is 51.6 Å². The summed E-state index contributed by atoms with van der Waals surface area (Å²) in [5.41, 5.74) is 8.43. The lowest BCUT2D eigenvalue weighted by Crippen LogP contribution is -2.46. The van der Waals surface area contributed by atoms with Crippen LogP contribution in [0.1, 0.15) is 53.3 Å². The van der Waals surface area contributed by atoms with Gasteiger partial charge in [-0.05, 0) is 49.9 Å². The normalized spacial score (nSPS) is 17.9. The number of imidazole rings is 1. The summed E-state index contributed by atoms with van der Waals surface area (Å²) < 4.78 is 21.6. The van der Waals surface area contributed by atoms with Crippen molar-refractivity contribution in [3.8, 4) is 29.0 Å². The van der Waals surface area contributed by atoms with Gasteiger partial charge in [-0.1, -0.05) is 0 Å². The molecule has 1 aromatic carbocycles. The number of hydrogen-bond donors (Lipinski definition) is 1. The molecule has 0 spiro atoms. The van der Waals surface area contributed by atoms with Crippen LogP contribution in [0.3, 0.4) is 0 Å². The Morgan fingerprint density at radius 1 is 1.26 bits per heavy atom. The van der Waals surface area contributed by atoms with E-state index in [2.05, 4.69) is 4.98 Å². The van der Waals surface area contributed by atoms with Gasteiger partial charge in [0.2, 0.25) is 5.88 Å². The van der Waals surface area contributed by atoms with Crippen molar-refractivity contribution in [3.63, 3.8) is 0 Å². The molecule has 1 saturated carbocycles. The Bertz CT molecular complexity index is 1280. The van der Waals surface area contributed by atoms with E-state index in [1.807, 2.05) is 16.7 Å². The summed E-state index contributed by atoms with van der Waals surface area (Å²) in [7, 11) is 1.54. The first-order valence-corrected chi connectivity index (χ1v) is 11.4. The maximum atomic E-state index is 14.6. The number of nitrogens with two attached hydrogens (primary N) is 1. The molecule has 3 heterocycles. The minimum Gasteiger partial charge on any atom is -0.481 e. The van der Waals surface area contributed by atoms with Crippen molar-refractivity contribution < 1.29 is 13.9 Å². The molecular weight excluding hydrogens is 435 g/mol. The molecule has 5 rings (SSSR count). The molecule has 1 aliphatic heterocycles. The van der Waals surface area contributed by atoms with E-state index in [9.17, 15) is 9.18 Å². The number of ether oxygens (including phenoxy) is 1. The zero-order chi connectivity index (χ0) is 23.8. The van der Waals surface area contributed by atoms with Crippen LogP contribution in [0, 0.1) is 17.1 Å². The van der Waals surface area contributed by atoms with E-state index >= 15 is 0 Å². The Balaban J connectivity index is 1.69. The molecule has 0 bridgehead atoms. The van der Waals surface area contributed by atoms with Crippen LogP contribution in [0.15, 0.2) is 36.5 Å². The number of rotatable bonds is 5. The SMILES string of the molecule is COc1ccc(-n2c(-c3ccc(C#N)c(F)c3)nc(C(=O)N3CCC[C@@H](N)C3)c2C2CC2)cn1. The number of nitrogens with zero attached hydrogens (tertiary/aromatic N) is 5. The zero-order valence-corrected chi connectivity index (χ0v) is 18.9. The van der Waals surface area contributed by atoms with Gasteiger partial charge in [0.25, 0.3) is 5.91 Å². The molecule has 2 aliphatic rings. The van der Waals surface area contributed by atoms with E-state index < -0.39 is 5.82 Å². The Morgan fingerprint density at radius 3 is 2.71 bits per heavy atom. The highest BCUT2D eigenvalue weighted by Gasteiger charge is 2.37. The average molecular weight is 461 g/mol. The van der Waals surface area contributed by atoms with Gasteiger partial charge in [0, 0.05) is 36.7 Å². The van der Waals surface area contributed by atoms with Crippen molar-refractivity contribution in [2.75, 3.05) is 20.2 Å². The maximum Gasteiger partial charge on any atom is 0.274 e. The summed E-state index contributed by atoms with van der Waals surface area (Å²) in [5.74, 6) is 0.269. The monoisotopic (exact) mass is 460 g/mol. The standard InChI is InChI=1S/C25H25FN6O2/c1-34-21-9-8-19(13-29-21)32-23(15-4-5-15)22(25(33)31-10-2-3-18(28)14-31)30-24(32)16-6-7-17(12-27)20(26)11-16/h6-9,11,13,15,18H,2-5,10,14,28H2,1H3/t18-/m1/s1. The van der Waals surface area contributed by atoms with Crippen molar-refractivity contribution in [3.05, 3.63) is 59.3 Å². The highest BCUT2D eigenvalue weighted by Crippen LogP contribution is 2.45. The number of amides is 1. The number of pyridine rings is 1. The first kappa shape index (κ1) is 22.0. The van der Waals surface area contributed by atoms with Crippen molar-refractivity contribution in [1.82, 2.24) is 19.4 Å². The third-order valence-electron chi connectivity index (χ3n) is 6.36. The Kier molecular flexibility index (Phi) is 5.75. The van der Waals surface area contributed by atoms with Gasteiger partial charge in [-0.2, -0.15) is 5.26 Å². The van der Waals surface area contributed by atoms with Gasteiger partial charge in [0.15, 0.2) is 5.69 Å². The van der Waals surface area contributed by atoms with Gasteiger partial charge in [-0.25, -0.2) is 14.4 Å². The molecule has 34 heavy (non-hydrogen) atoms.